The molecule has 0 spiro atoms. The van der Waals surface area contributed by atoms with Gasteiger partial charge in [-0.25, -0.2) is 8.42 Å². The lowest BCUT2D eigenvalue weighted by Crippen LogP contribution is -2.52. The quantitative estimate of drug-likeness (QED) is 0.301. The third-order valence-corrected chi connectivity index (χ3v) is 8.72. The predicted octanol–water partition coefficient (Wildman–Crippen LogP) is 6.09. The molecule has 208 valence electrons. The Balaban J connectivity index is 2.04. The summed E-state index contributed by atoms with van der Waals surface area (Å²) < 4.78 is 28.6. The van der Waals surface area contributed by atoms with Crippen LogP contribution in [0.25, 0.3) is 0 Å². The van der Waals surface area contributed by atoms with E-state index >= 15 is 0 Å². The molecule has 39 heavy (non-hydrogen) atoms. The average molecular weight is 611 g/mol. The molecule has 0 aliphatic rings. The maximum atomic E-state index is 13.9. The molecule has 2 amide bonds. The van der Waals surface area contributed by atoms with E-state index in [4.69, 9.17) is 34.8 Å². The van der Waals surface area contributed by atoms with Crippen LogP contribution >= 0.6 is 34.8 Å². The first-order valence-corrected chi connectivity index (χ1v) is 14.8. The highest BCUT2D eigenvalue weighted by Gasteiger charge is 2.32. The molecule has 3 aromatic carbocycles. The monoisotopic (exact) mass is 609 g/mol. The van der Waals surface area contributed by atoms with Crippen molar-refractivity contribution in [2.75, 3.05) is 10.8 Å². The third-order valence-electron chi connectivity index (χ3n) is 5.94. The van der Waals surface area contributed by atoms with Crippen LogP contribution in [0.4, 0.5) is 5.69 Å². The third kappa shape index (κ3) is 7.88. The number of hydrogen-bond acceptors (Lipinski definition) is 4. The number of hydrogen-bond donors (Lipinski definition) is 1. The van der Waals surface area contributed by atoms with Gasteiger partial charge < -0.3 is 10.2 Å². The fourth-order valence-electron chi connectivity index (χ4n) is 3.80. The molecule has 0 saturated carbocycles. The summed E-state index contributed by atoms with van der Waals surface area (Å²) in [6, 6.07) is 16.3. The summed E-state index contributed by atoms with van der Waals surface area (Å²) in [5, 5.41) is 3.84. The largest absolute Gasteiger partial charge is 0.352 e. The number of carbonyl (C=O) groups excluding carboxylic acids is 2. The zero-order chi connectivity index (χ0) is 28.9. The second-order valence-electron chi connectivity index (χ2n) is 9.41. The highest BCUT2D eigenvalue weighted by Crippen LogP contribution is 2.27. The number of halogens is 3. The van der Waals surface area contributed by atoms with Gasteiger partial charge in [-0.3, -0.25) is 13.9 Å². The van der Waals surface area contributed by atoms with Crippen LogP contribution in [-0.2, 0) is 26.2 Å². The Hall–Kier alpha value is -2.78. The van der Waals surface area contributed by atoms with E-state index in [2.05, 4.69) is 5.32 Å². The number of carbonyl (C=O) groups is 2. The maximum Gasteiger partial charge on any atom is 0.264 e. The molecule has 0 aromatic heterocycles. The Morgan fingerprint density at radius 3 is 2.05 bits per heavy atom. The van der Waals surface area contributed by atoms with Crippen molar-refractivity contribution in [3.8, 4) is 0 Å². The van der Waals surface area contributed by atoms with E-state index in [0.29, 0.717) is 26.3 Å². The van der Waals surface area contributed by atoms with Gasteiger partial charge in [-0.15, -0.1) is 0 Å². The zero-order valence-electron chi connectivity index (χ0n) is 22.0. The van der Waals surface area contributed by atoms with Crippen molar-refractivity contribution in [3.63, 3.8) is 0 Å². The molecule has 7 nitrogen and oxygen atoms in total. The number of aryl methyl sites for hydroxylation is 1. The lowest BCUT2D eigenvalue weighted by Gasteiger charge is -2.32. The number of rotatable bonds is 10. The van der Waals surface area contributed by atoms with Gasteiger partial charge in [-0.05, 0) is 81.8 Å². The van der Waals surface area contributed by atoms with E-state index in [9.17, 15) is 18.0 Å². The van der Waals surface area contributed by atoms with Gasteiger partial charge in [0, 0.05) is 17.6 Å². The lowest BCUT2D eigenvalue weighted by molar-refractivity contribution is -0.139. The first-order chi connectivity index (χ1) is 18.3. The topological polar surface area (TPSA) is 86.8 Å². The van der Waals surface area contributed by atoms with E-state index in [0.717, 1.165) is 9.87 Å². The van der Waals surface area contributed by atoms with Crippen LogP contribution in [0.1, 0.15) is 31.9 Å². The molecule has 0 bridgehead atoms. The van der Waals surface area contributed by atoms with Crippen LogP contribution in [0.5, 0.6) is 0 Å². The van der Waals surface area contributed by atoms with Gasteiger partial charge in [0.15, 0.2) is 0 Å². The first-order valence-electron chi connectivity index (χ1n) is 12.2. The summed E-state index contributed by atoms with van der Waals surface area (Å²) in [7, 11) is -4.17. The maximum absolute atomic E-state index is 13.9. The molecule has 1 atom stereocenters. The number of benzene rings is 3. The Morgan fingerprint density at radius 1 is 0.872 bits per heavy atom. The highest BCUT2D eigenvalue weighted by atomic mass is 35.5. The molecule has 0 saturated heterocycles. The van der Waals surface area contributed by atoms with Gasteiger partial charge in [0.25, 0.3) is 10.0 Å². The number of nitrogens with zero attached hydrogens (tertiary/aromatic N) is 2. The second-order valence-corrected chi connectivity index (χ2v) is 12.5. The molecule has 11 heteroatoms. The highest BCUT2D eigenvalue weighted by molar-refractivity contribution is 7.92. The van der Waals surface area contributed by atoms with Crippen molar-refractivity contribution in [2.24, 2.45) is 0 Å². The van der Waals surface area contributed by atoms with E-state index in [-0.39, 0.29) is 23.4 Å². The molecule has 0 aliphatic carbocycles. The predicted molar refractivity (Wildman–Crippen MR) is 157 cm³/mol. The molecule has 0 radical (unpaired) electrons. The minimum absolute atomic E-state index is 0.00509. The standard InChI is InChI=1S/C28H30Cl3N3O4S/c1-18(2)32-28(36)20(4)33(16-21-7-14-25(30)26(31)15-21)27(35)17-34(23-10-5-19(3)6-11-23)39(37,38)24-12-8-22(29)9-13-24/h5-15,18,20H,16-17H2,1-4H3,(H,32,36)/t20-/m0/s1. The van der Waals surface area contributed by atoms with Crippen molar-refractivity contribution in [3.05, 3.63) is 92.9 Å². The van der Waals surface area contributed by atoms with E-state index < -0.39 is 28.5 Å². The van der Waals surface area contributed by atoms with Crippen LogP contribution in [0.3, 0.4) is 0 Å². The van der Waals surface area contributed by atoms with Crippen molar-refractivity contribution < 1.29 is 18.0 Å². The molecular formula is C28H30Cl3N3O4S. The SMILES string of the molecule is Cc1ccc(N(CC(=O)N(Cc2ccc(Cl)c(Cl)c2)[C@@H](C)C(=O)NC(C)C)S(=O)(=O)c2ccc(Cl)cc2)cc1. The Kier molecular flexibility index (Phi) is 10.3. The zero-order valence-corrected chi connectivity index (χ0v) is 25.1. The minimum atomic E-state index is -4.17. The first kappa shape index (κ1) is 30.8. The summed E-state index contributed by atoms with van der Waals surface area (Å²) in [6.45, 7) is 6.55. The number of anilines is 1. The molecule has 0 fully saturated rings. The van der Waals surface area contributed by atoms with E-state index in [1.807, 2.05) is 20.8 Å². The van der Waals surface area contributed by atoms with Crippen LogP contribution in [0.2, 0.25) is 15.1 Å². The van der Waals surface area contributed by atoms with Gasteiger partial charge in [-0.2, -0.15) is 0 Å². The van der Waals surface area contributed by atoms with Gasteiger partial charge in [0.1, 0.15) is 12.6 Å². The Labute approximate surface area is 244 Å². The molecule has 0 unspecified atom stereocenters. The molecule has 0 aliphatic heterocycles. The number of amides is 2. The molecule has 1 N–H and O–H groups in total. The normalized spacial score (nSPS) is 12.2. The fraction of sp³-hybridized carbons (Fsp3) is 0.286. The summed E-state index contributed by atoms with van der Waals surface area (Å²) >= 11 is 18.2. The summed E-state index contributed by atoms with van der Waals surface area (Å²) in [6.07, 6.45) is 0. The van der Waals surface area contributed by atoms with E-state index in [1.165, 1.54) is 29.2 Å². The average Bonchev–Trinajstić information content (AvgIpc) is 2.87. The van der Waals surface area contributed by atoms with Crippen LogP contribution in [0.15, 0.2) is 71.6 Å². The lowest BCUT2D eigenvalue weighted by atomic mass is 10.1. The Morgan fingerprint density at radius 2 is 1.49 bits per heavy atom. The Bertz CT molecular complexity index is 1430. The van der Waals surface area contributed by atoms with Crippen molar-refractivity contribution >= 4 is 62.3 Å². The van der Waals surface area contributed by atoms with Crippen LogP contribution in [-0.4, -0.2) is 43.8 Å². The number of nitrogens with one attached hydrogen (secondary N) is 1. The summed E-state index contributed by atoms with van der Waals surface area (Å²) in [4.78, 5) is 28.1. The van der Waals surface area contributed by atoms with Gasteiger partial charge >= 0.3 is 0 Å². The fourth-order valence-corrected chi connectivity index (χ4v) is 5.66. The van der Waals surface area contributed by atoms with Crippen molar-refractivity contribution in [2.45, 2.75) is 51.2 Å². The van der Waals surface area contributed by atoms with Gasteiger partial charge in [0.05, 0.1) is 20.6 Å². The van der Waals surface area contributed by atoms with Crippen LogP contribution < -0.4 is 9.62 Å². The van der Waals surface area contributed by atoms with Crippen LogP contribution in [0, 0.1) is 6.92 Å². The van der Waals surface area contributed by atoms with E-state index in [1.54, 1.807) is 49.4 Å². The molecule has 0 heterocycles. The summed E-state index contributed by atoms with van der Waals surface area (Å²) in [5.41, 5.74) is 1.86. The minimum Gasteiger partial charge on any atom is -0.352 e. The molecule has 3 aromatic rings. The number of sulfonamides is 1. The second kappa shape index (κ2) is 13.0. The molecule has 3 rings (SSSR count). The van der Waals surface area contributed by atoms with Crippen molar-refractivity contribution in [1.29, 1.82) is 0 Å². The van der Waals surface area contributed by atoms with Gasteiger partial charge in [-0.1, -0.05) is 58.6 Å². The molecular weight excluding hydrogens is 581 g/mol. The van der Waals surface area contributed by atoms with Crippen molar-refractivity contribution in [1.82, 2.24) is 10.2 Å². The van der Waals surface area contributed by atoms with Gasteiger partial charge in [0.2, 0.25) is 11.8 Å². The smallest absolute Gasteiger partial charge is 0.264 e. The summed E-state index contributed by atoms with van der Waals surface area (Å²) in [5.74, 6) is -0.952.